The number of carbonyl (C=O) groups is 1. The molecular weight excluding hydrogens is 372 g/mol. The van der Waals surface area contributed by atoms with Gasteiger partial charge in [0.15, 0.2) is 0 Å². The number of hydrogen-bond acceptors (Lipinski definition) is 2. The van der Waals surface area contributed by atoms with Crippen LogP contribution in [0.1, 0.15) is 17.0 Å². The normalized spacial score (nSPS) is 12.2. The van der Waals surface area contributed by atoms with E-state index in [1.54, 1.807) is 0 Å². The Labute approximate surface area is 173 Å². The van der Waals surface area contributed by atoms with Gasteiger partial charge in [-0.05, 0) is 22.4 Å². The van der Waals surface area contributed by atoms with Crippen molar-refractivity contribution in [1.29, 1.82) is 0 Å². The van der Waals surface area contributed by atoms with Crippen LogP contribution in [0.4, 0.5) is 0 Å². The van der Waals surface area contributed by atoms with Gasteiger partial charge in [0, 0.05) is 22.0 Å². The molecule has 30 heavy (non-hydrogen) atoms. The van der Waals surface area contributed by atoms with Gasteiger partial charge in [0.05, 0.1) is 11.6 Å². The van der Waals surface area contributed by atoms with Gasteiger partial charge in [-0.15, -0.1) is 0 Å². The highest BCUT2D eigenvalue weighted by Crippen LogP contribution is 2.41. The fourth-order valence-corrected chi connectivity index (χ4v) is 4.28. The van der Waals surface area contributed by atoms with E-state index in [-0.39, 0.29) is 0 Å². The van der Waals surface area contributed by atoms with Crippen molar-refractivity contribution in [3.05, 3.63) is 108 Å². The maximum atomic E-state index is 12.9. The molecule has 0 aliphatic rings. The van der Waals surface area contributed by atoms with Gasteiger partial charge in [0.2, 0.25) is 0 Å². The van der Waals surface area contributed by atoms with E-state index in [2.05, 4.69) is 29.2 Å². The van der Waals surface area contributed by atoms with Gasteiger partial charge in [-0.3, -0.25) is 10.0 Å². The van der Waals surface area contributed by atoms with Crippen LogP contribution in [0.25, 0.3) is 32.9 Å². The molecule has 1 unspecified atom stereocenters. The molecule has 1 atom stereocenters. The summed E-state index contributed by atoms with van der Waals surface area (Å²) in [4.78, 5) is 16.5. The highest BCUT2D eigenvalue weighted by molar-refractivity contribution is 6.04. The van der Waals surface area contributed by atoms with E-state index in [1.807, 2.05) is 78.3 Å². The van der Waals surface area contributed by atoms with Crippen LogP contribution >= 0.6 is 0 Å². The van der Waals surface area contributed by atoms with Gasteiger partial charge in [0.1, 0.15) is 0 Å². The number of nitrogens with one attached hydrogen (secondary N) is 2. The molecule has 4 aromatic carbocycles. The summed E-state index contributed by atoms with van der Waals surface area (Å²) in [6.07, 6.45) is 0. The van der Waals surface area contributed by atoms with Crippen LogP contribution in [-0.4, -0.2) is 16.1 Å². The number of aromatic nitrogens is 1. The Kier molecular flexibility index (Phi) is 4.54. The molecule has 0 saturated carbocycles. The second-order valence-electron chi connectivity index (χ2n) is 7.31. The van der Waals surface area contributed by atoms with Crippen molar-refractivity contribution in [1.82, 2.24) is 10.5 Å². The number of fused-ring (bicyclic) bond motifs is 2. The SMILES string of the molecule is O=C(NO)C(c1ccccc1)c1c(-c2cccc3ccccc23)[nH]c2ccccc12. The van der Waals surface area contributed by atoms with Crippen molar-refractivity contribution in [2.45, 2.75) is 5.92 Å². The average Bonchev–Trinajstić information content (AvgIpc) is 3.18. The van der Waals surface area contributed by atoms with Crippen molar-refractivity contribution in [3.63, 3.8) is 0 Å². The third kappa shape index (κ3) is 2.95. The fourth-order valence-electron chi connectivity index (χ4n) is 4.28. The zero-order valence-electron chi connectivity index (χ0n) is 16.2. The molecule has 0 radical (unpaired) electrons. The van der Waals surface area contributed by atoms with Crippen LogP contribution in [0.2, 0.25) is 0 Å². The molecule has 4 heteroatoms. The quantitative estimate of drug-likeness (QED) is 0.274. The number of H-pyrrole nitrogens is 1. The minimum absolute atomic E-state index is 0.465. The summed E-state index contributed by atoms with van der Waals surface area (Å²) >= 11 is 0. The van der Waals surface area contributed by atoms with E-state index in [9.17, 15) is 10.0 Å². The van der Waals surface area contributed by atoms with Crippen molar-refractivity contribution in [2.24, 2.45) is 0 Å². The molecule has 4 nitrogen and oxygen atoms in total. The highest BCUT2D eigenvalue weighted by Gasteiger charge is 2.29. The molecule has 5 rings (SSSR count). The Morgan fingerprint density at radius 3 is 2.23 bits per heavy atom. The van der Waals surface area contributed by atoms with Crippen molar-refractivity contribution in [2.75, 3.05) is 0 Å². The van der Waals surface area contributed by atoms with Gasteiger partial charge >= 0.3 is 0 Å². The molecular formula is C26H20N2O2. The maximum absolute atomic E-state index is 12.9. The van der Waals surface area contributed by atoms with E-state index in [0.29, 0.717) is 0 Å². The molecule has 1 aromatic heterocycles. The number of rotatable bonds is 4. The Bertz CT molecular complexity index is 1350. The standard InChI is InChI=1S/C26H20N2O2/c29-26(28-30)23(18-10-2-1-3-11-18)24-21-14-6-7-16-22(21)27-25(24)20-15-8-12-17-9-4-5-13-19(17)20/h1-16,23,27,30H,(H,28,29). The minimum Gasteiger partial charge on any atom is -0.354 e. The smallest absolute Gasteiger partial charge is 0.255 e. The predicted octanol–water partition coefficient (Wildman–Crippen LogP) is 5.63. The molecule has 3 N–H and O–H groups in total. The molecule has 1 amide bonds. The second-order valence-corrected chi connectivity index (χ2v) is 7.31. The van der Waals surface area contributed by atoms with E-state index < -0.39 is 11.8 Å². The minimum atomic E-state index is -0.665. The Morgan fingerprint density at radius 2 is 1.43 bits per heavy atom. The van der Waals surface area contributed by atoms with E-state index >= 15 is 0 Å². The van der Waals surface area contributed by atoms with Crippen LogP contribution in [0.5, 0.6) is 0 Å². The molecule has 0 fully saturated rings. The number of amides is 1. The van der Waals surface area contributed by atoms with Gasteiger partial charge in [-0.2, -0.15) is 0 Å². The van der Waals surface area contributed by atoms with Gasteiger partial charge < -0.3 is 4.98 Å². The number of benzene rings is 4. The summed E-state index contributed by atoms with van der Waals surface area (Å²) in [5.41, 5.74) is 6.39. The lowest BCUT2D eigenvalue weighted by Gasteiger charge is -2.18. The predicted molar refractivity (Wildman–Crippen MR) is 119 cm³/mol. The monoisotopic (exact) mass is 392 g/mol. The molecule has 5 aromatic rings. The van der Waals surface area contributed by atoms with E-state index in [4.69, 9.17) is 0 Å². The summed E-state index contributed by atoms with van der Waals surface area (Å²) in [6.45, 7) is 0. The van der Waals surface area contributed by atoms with E-state index in [0.717, 1.165) is 44.1 Å². The summed E-state index contributed by atoms with van der Waals surface area (Å²) in [6, 6.07) is 31.9. The summed E-state index contributed by atoms with van der Waals surface area (Å²) in [5, 5.41) is 12.7. The van der Waals surface area contributed by atoms with Crippen LogP contribution in [0, 0.1) is 0 Å². The summed E-state index contributed by atoms with van der Waals surface area (Å²) < 4.78 is 0. The Hall–Kier alpha value is -3.89. The molecule has 0 saturated heterocycles. The molecule has 0 aliphatic heterocycles. The summed E-state index contributed by atoms with van der Waals surface area (Å²) in [5.74, 6) is -1.13. The van der Waals surface area contributed by atoms with Crippen LogP contribution < -0.4 is 5.48 Å². The first-order valence-corrected chi connectivity index (χ1v) is 9.85. The lowest BCUT2D eigenvalue weighted by Crippen LogP contribution is -2.27. The largest absolute Gasteiger partial charge is 0.354 e. The molecule has 146 valence electrons. The number of hydrogen-bond donors (Lipinski definition) is 3. The second kappa shape index (κ2) is 7.50. The lowest BCUT2D eigenvalue weighted by molar-refractivity contribution is -0.129. The fraction of sp³-hybridized carbons (Fsp3) is 0.0385. The summed E-state index contributed by atoms with van der Waals surface area (Å²) in [7, 11) is 0. The number of carbonyl (C=O) groups excluding carboxylic acids is 1. The number of hydroxylamine groups is 1. The lowest BCUT2D eigenvalue weighted by atomic mass is 9.86. The van der Waals surface area contributed by atoms with Crippen molar-refractivity contribution in [3.8, 4) is 11.3 Å². The van der Waals surface area contributed by atoms with E-state index in [1.165, 1.54) is 0 Å². The van der Waals surface area contributed by atoms with Gasteiger partial charge in [-0.1, -0.05) is 91.0 Å². The Morgan fingerprint density at radius 1 is 0.767 bits per heavy atom. The molecule has 0 bridgehead atoms. The third-order valence-corrected chi connectivity index (χ3v) is 5.60. The van der Waals surface area contributed by atoms with Crippen molar-refractivity contribution < 1.29 is 10.0 Å². The average molecular weight is 392 g/mol. The first-order chi connectivity index (χ1) is 14.8. The van der Waals surface area contributed by atoms with Crippen molar-refractivity contribution >= 4 is 27.6 Å². The first kappa shape index (κ1) is 18.2. The van der Waals surface area contributed by atoms with Crippen LogP contribution in [0.15, 0.2) is 97.1 Å². The number of aromatic amines is 1. The highest BCUT2D eigenvalue weighted by atomic mass is 16.5. The molecule has 0 aliphatic carbocycles. The Balaban J connectivity index is 1.87. The van der Waals surface area contributed by atoms with Gasteiger partial charge in [-0.25, -0.2) is 5.48 Å². The third-order valence-electron chi connectivity index (χ3n) is 5.60. The van der Waals surface area contributed by atoms with Crippen LogP contribution in [-0.2, 0) is 4.79 Å². The topological polar surface area (TPSA) is 65.1 Å². The zero-order valence-corrected chi connectivity index (χ0v) is 16.2. The number of para-hydroxylation sites is 1. The molecule has 0 spiro atoms. The first-order valence-electron chi connectivity index (χ1n) is 9.85. The van der Waals surface area contributed by atoms with Gasteiger partial charge in [0.25, 0.3) is 5.91 Å². The van der Waals surface area contributed by atoms with Crippen LogP contribution in [0.3, 0.4) is 0 Å². The molecule has 1 heterocycles. The zero-order chi connectivity index (χ0) is 20.5. The maximum Gasteiger partial charge on any atom is 0.255 e.